The Bertz CT molecular complexity index is 1200. The average molecular weight is 487 g/mol. The minimum Gasteiger partial charge on any atom is -0.480 e. The number of aliphatic hydroxyl groups is 1. The molecule has 0 fully saturated rings. The quantitative estimate of drug-likeness (QED) is 0.626. The minimum atomic E-state index is -4.64. The van der Waals surface area contributed by atoms with Crippen molar-refractivity contribution in [3.8, 4) is 6.07 Å². The van der Waals surface area contributed by atoms with Crippen LogP contribution in [0.3, 0.4) is 0 Å². The van der Waals surface area contributed by atoms with Gasteiger partial charge in [0.05, 0.1) is 23.2 Å². The molecule has 2 aromatic carbocycles. The molecular formula is C25H24F3N3O4. The molecule has 0 saturated heterocycles. The number of halogens is 3. The first kappa shape index (κ1) is 25.9. The summed E-state index contributed by atoms with van der Waals surface area (Å²) < 4.78 is 40.1. The molecular weight excluding hydrogens is 463 g/mol. The zero-order chi connectivity index (χ0) is 26.1. The summed E-state index contributed by atoms with van der Waals surface area (Å²) in [5, 5.41) is 30.0. The second kappa shape index (κ2) is 9.90. The van der Waals surface area contributed by atoms with Crippen LogP contribution < -0.4 is 4.90 Å². The smallest absolute Gasteiger partial charge is 0.416 e. The number of rotatable bonds is 6. The number of alkyl halides is 3. The Kier molecular flexibility index (Phi) is 7.33. The summed E-state index contributed by atoms with van der Waals surface area (Å²) in [4.78, 5) is 27.4. The van der Waals surface area contributed by atoms with Gasteiger partial charge in [-0.25, -0.2) is 4.90 Å². The number of anilines is 1. The molecule has 0 saturated carbocycles. The molecule has 0 aliphatic carbocycles. The molecule has 1 unspecified atom stereocenters. The number of hydrogen-bond acceptors (Lipinski definition) is 6. The van der Waals surface area contributed by atoms with Crippen LogP contribution in [0, 0.1) is 17.2 Å². The van der Waals surface area contributed by atoms with Crippen LogP contribution in [0.25, 0.3) is 0 Å². The first-order chi connectivity index (χ1) is 16.4. The Hall–Kier alpha value is -3.68. The largest absolute Gasteiger partial charge is 0.480 e. The summed E-state index contributed by atoms with van der Waals surface area (Å²) in [6, 6.07) is 11.4. The zero-order valence-corrected chi connectivity index (χ0v) is 19.2. The molecule has 184 valence electrons. The van der Waals surface area contributed by atoms with Crippen LogP contribution in [-0.4, -0.2) is 39.8 Å². The highest BCUT2D eigenvalue weighted by Gasteiger charge is 2.44. The van der Waals surface area contributed by atoms with Crippen molar-refractivity contribution >= 4 is 17.4 Å². The number of nitriles is 1. The van der Waals surface area contributed by atoms with E-state index in [1.54, 1.807) is 26.0 Å². The third-order valence-corrected chi connectivity index (χ3v) is 5.80. The van der Waals surface area contributed by atoms with E-state index in [4.69, 9.17) is 5.26 Å². The van der Waals surface area contributed by atoms with Gasteiger partial charge in [-0.15, -0.1) is 0 Å². The van der Waals surface area contributed by atoms with E-state index in [1.165, 1.54) is 31.2 Å². The Morgan fingerprint density at radius 3 is 2.29 bits per heavy atom. The highest BCUT2D eigenvalue weighted by atomic mass is 19.4. The van der Waals surface area contributed by atoms with Gasteiger partial charge >= 0.3 is 12.1 Å². The molecule has 10 heteroatoms. The van der Waals surface area contributed by atoms with Gasteiger partial charge in [0.15, 0.2) is 12.1 Å². The van der Waals surface area contributed by atoms with Crippen LogP contribution in [0.1, 0.15) is 43.5 Å². The van der Waals surface area contributed by atoms with Crippen LogP contribution in [0.15, 0.2) is 59.8 Å². The second-order valence-electron chi connectivity index (χ2n) is 8.48. The van der Waals surface area contributed by atoms with Crippen molar-refractivity contribution in [3.05, 3.63) is 76.5 Å². The summed E-state index contributed by atoms with van der Waals surface area (Å²) in [5.74, 6) is -2.18. The number of allylic oxidation sites excluding steroid dienone is 1. The van der Waals surface area contributed by atoms with E-state index in [0.717, 1.165) is 21.9 Å². The van der Waals surface area contributed by atoms with Crippen LogP contribution in [0.2, 0.25) is 0 Å². The van der Waals surface area contributed by atoms with Crippen molar-refractivity contribution in [3.63, 3.8) is 0 Å². The summed E-state index contributed by atoms with van der Waals surface area (Å²) in [6.07, 6.45) is -6.34. The van der Waals surface area contributed by atoms with Gasteiger partial charge in [-0.05, 0) is 42.8 Å². The summed E-state index contributed by atoms with van der Waals surface area (Å²) in [6.45, 7) is 4.11. The third-order valence-electron chi connectivity index (χ3n) is 5.80. The lowest BCUT2D eigenvalue weighted by atomic mass is 9.86. The van der Waals surface area contributed by atoms with E-state index in [0.29, 0.717) is 11.1 Å². The predicted molar refractivity (Wildman–Crippen MR) is 121 cm³/mol. The first-order valence-electron chi connectivity index (χ1n) is 10.7. The number of benzene rings is 2. The summed E-state index contributed by atoms with van der Waals surface area (Å²) >= 11 is 0. The number of aliphatic carboxylic acids is 1. The van der Waals surface area contributed by atoms with Gasteiger partial charge in [0, 0.05) is 22.9 Å². The lowest BCUT2D eigenvalue weighted by Gasteiger charge is -2.47. The topological polar surface area (TPSA) is 105 Å². The fourth-order valence-corrected chi connectivity index (χ4v) is 4.16. The van der Waals surface area contributed by atoms with Crippen molar-refractivity contribution in [1.82, 2.24) is 4.90 Å². The molecule has 1 aliphatic heterocycles. The normalized spacial score (nSPS) is 19.1. The Morgan fingerprint density at radius 2 is 1.77 bits per heavy atom. The Morgan fingerprint density at radius 1 is 1.14 bits per heavy atom. The Labute approximate surface area is 200 Å². The molecule has 7 nitrogen and oxygen atoms in total. The molecule has 0 bridgehead atoms. The number of nitrogens with zero attached hydrogens (tertiary/aromatic N) is 3. The number of aliphatic hydroxyl groups excluding tert-OH is 1. The fraction of sp³-hybridized carbons (Fsp3) is 0.320. The van der Waals surface area contributed by atoms with Crippen molar-refractivity contribution in [1.29, 1.82) is 5.26 Å². The van der Waals surface area contributed by atoms with E-state index in [-0.39, 0.29) is 22.7 Å². The molecule has 2 N–H and O–H groups in total. The fourth-order valence-electron chi connectivity index (χ4n) is 4.16. The summed E-state index contributed by atoms with van der Waals surface area (Å²) in [7, 11) is 0. The molecule has 1 heterocycles. The SMILES string of the molecule is CC1=C(C(=O)C(C)C)[C@@H](c2ccc(C#N)cc2)N(CC(=O)O)C(O)N1c1cccc(C(F)(F)F)c1. The van der Waals surface area contributed by atoms with Gasteiger partial charge in [0.25, 0.3) is 0 Å². The molecule has 2 aromatic rings. The van der Waals surface area contributed by atoms with E-state index in [2.05, 4.69) is 0 Å². The van der Waals surface area contributed by atoms with E-state index < -0.39 is 42.6 Å². The average Bonchev–Trinajstić information content (AvgIpc) is 2.79. The van der Waals surface area contributed by atoms with Crippen molar-refractivity contribution in [2.45, 2.75) is 39.3 Å². The van der Waals surface area contributed by atoms with Crippen LogP contribution in [0.5, 0.6) is 0 Å². The highest BCUT2D eigenvalue weighted by molar-refractivity contribution is 5.99. The van der Waals surface area contributed by atoms with Crippen LogP contribution in [-0.2, 0) is 15.8 Å². The van der Waals surface area contributed by atoms with Crippen molar-refractivity contribution in [2.75, 3.05) is 11.4 Å². The van der Waals surface area contributed by atoms with Crippen molar-refractivity contribution < 1.29 is 33.0 Å². The number of carboxylic acids is 1. The van der Waals surface area contributed by atoms with Gasteiger partial charge in [0.1, 0.15) is 6.54 Å². The Balaban J connectivity index is 2.29. The molecule has 1 aliphatic rings. The van der Waals surface area contributed by atoms with Crippen molar-refractivity contribution in [2.24, 2.45) is 5.92 Å². The van der Waals surface area contributed by atoms with E-state index >= 15 is 0 Å². The van der Waals surface area contributed by atoms with Gasteiger partial charge < -0.3 is 15.1 Å². The van der Waals surface area contributed by atoms with Gasteiger partial charge in [-0.3, -0.25) is 9.59 Å². The third kappa shape index (κ3) is 5.21. The molecule has 0 amide bonds. The highest BCUT2D eigenvalue weighted by Crippen LogP contribution is 2.42. The first-order valence-corrected chi connectivity index (χ1v) is 10.7. The van der Waals surface area contributed by atoms with Gasteiger partial charge in [0.2, 0.25) is 0 Å². The maximum absolute atomic E-state index is 13.4. The van der Waals surface area contributed by atoms with Gasteiger partial charge in [-0.2, -0.15) is 18.4 Å². The van der Waals surface area contributed by atoms with Crippen LogP contribution >= 0.6 is 0 Å². The number of hydrogen-bond donors (Lipinski definition) is 2. The lowest BCUT2D eigenvalue weighted by molar-refractivity contribution is -0.143. The predicted octanol–water partition coefficient (Wildman–Crippen LogP) is 4.30. The number of ketones is 1. The van der Waals surface area contributed by atoms with Crippen LogP contribution in [0.4, 0.5) is 18.9 Å². The maximum Gasteiger partial charge on any atom is 0.416 e. The standard InChI is InChI=1S/C25H24F3N3O4/c1-14(2)23(34)21-15(3)31(19-6-4-5-18(11-19)25(26,27)28)24(35)30(13-20(32)33)22(21)17-9-7-16(12-29)8-10-17/h4-11,14,22,24,35H,13H2,1-3H3,(H,32,33)/t22-,24?/m1/s1. The molecule has 0 radical (unpaired) electrons. The second-order valence-corrected chi connectivity index (χ2v) is 8.48. The molecule has 0 aromatic heterocycles. The van der Waals surface area contributed by atoms with E-state index in [1.807, 2.05) is 6.07 Å². The molecule has 0 spiro atoms. The van der Waals surface area contributed by atoms with Gasteiger partial charge in [-0.1, -0.05) is 32.0 Å². The number of carboxylic acid groups (broad SMARTS) is 1. The monoisotopic (exact) mass is 487 g/mol. The lowest BCUT2D eigenvalue weighted by Crippen LogP contribution is -2.56. The minimum absolute atomic E-state index is 0.0486. The zero-order valence-electron chi connectivity index (χ0n) is 19.2. The number of Topliss-reactive ketones (excluding diaryl/α,β-unsaturated/α-hetero) is 1. The molecule has 35 heavy (non-hydrogen) atoms. The number of carbonyl (C=O) groups excluding carboxylic acids is 1. The molecule has 3 rings (SSSR count). The maximum atomic E-state index is 13.4. The summed E-state index contributed by atoms with van der Waals surface area (Å²) in [5.41, 5.74) is 0.146. The van der Waals surface area contributed by atoms with E-state index in [9.17, 15) is 33.0 Å². The number of carbonyl (C=O) groups is 2. The molecule has 2 atom stereocenters.